The smallest absolute Gasteiger partial charge is 0.326 e. The van der Waals surface area contributed by atoms with Gasteiger partial charge >= 0.3 is 5.97 Å². The Hall–Kier alpha value is -1.84. The summed E-state index contributed by atoms with van der Waals surface area (Å²) >= 11 is 0. The Bertz CT molecular complexity index is 530. The lowest BCUT2D eigenvalue weighted by Gasteiger charge is -2.29. The molecule has 1 amide bonds. The van der Waals surface area contributed by atoms with E-state index in [2.05, 4.69) is 5.32 Å². The van der Waals surface area contributed by atoms with Crippen LogP contribution in [0.5, 0.6) is 0 Å². The third-order valence-corrected chi connectivity index (χ3v) is 3.30. The van der Waals surface area contributed by atoms with E-state index in [1.807, 2.05) is 19.1 Å². The van der Waals surface area contributed by atoms with E-state index in [1.54, 1.807) is 32.9 Å². The van der Waals surface area contributed by atoms with Gasteiger partial charge in [-0.25, -0.2) is 0 Å². The molecule has 1 aromatic carbocycles. The van der Waals surface area contributed by atoms with Gasteiger partial charge in [0.15, 0.2) is 5.41 Å². The fraction of sp³-hybridized carbons (Fsp3) is 0.467. The molecule has 1 aromatic rings. The first-order valence-corrected chi connectivity index (χ1v) is 6.45. The molecule has 4 nitrogen and oxygen atoms in total. The van der Waals surface area contributed by atoms with Gasteiger partial charge in [-0.3, -0.25) is 9.59 Å². The highest BCUT2D eigenvalue weighted by Gasteiger charge is 2.53. The van der Waals surface area contributed by atoms with E-state index in [4.69, 9.17) is 4.74 Å². The van der Waals surface area contributed by atoms with Crippen molar-refractivity contribution < 1.29 is 14.3 Å². The number of carbonyl (C=O) groups is 2. The standard InChI is InChI=1S/C15H19NO3/c1-5-15(13(18)19-14(2,3)4)10-8-6-7-9-11(10)16-12(15)17/h6-9H,5H2,1-4H3,(H,16,17)/t15-/m0/s1. The molecular formula is C15H19NO3. The molecule has 0 saturated carbocycles. The lowest BCUT2D eigenvalue weighted by Crippen LogP contribution is -2.45. The van der Waals surface area contributed by atoms with Gasteiger partial charge in [0.05, 0.1) is 0 Å². The Morgan fingerprint density at radius 1 is 1.32 bits per heavy atom. The number of anilines is 1. The van der Waals surface area contributed by atoms with Crippen molar-refractivity contribution >= 4 is 17.6 Å². The van der Waals surface area contributed by atoms with Crippen LogP contribution in [-0.2, 0) is 19.7 Å². The number of para-hydroxylation sites is 1. The predicted molar refractivity (Wildman–Crippen MR) is 72.9 cm³/mol. The van der Waals surface area contributed by atoms with Gasteiger partial charge < -0.3 is 10.1 Å². The molecule has 1 aliphatic heterocycles. The van der Waals surface area contributed by atoms with E-state index >= 15 is 0 Å². The quantitative estimate of drug-likeness (QED) is 0.657. The number of esters is 1. The van der Waals surface area contributed by atoms with E-state index in [9.17, 15) is 9.59 Å². The van der Waals surface area contributed by atoms with E-state index in [0.717, 1.165) is 0 Å². The summed E-state index contributed by atoms with van der Waals surface area (Å²) in [7, 11) is 0. The average molecular weight is 261 g/mol. The summed E-state index contributed by atoms with van der Waals surface area (Å²) in [6.45, 7) is 7.22. The first-order chi connectivity index (χ1) is 8.81. The van der Waals surface area contributed by atoms with Gasteiger partial charge in [0, 0.05) is 11.3 Å². The van der Waals surface area contributed by atoms with Gasteiger partial charge in [-0.15, -0.1) is 0 Å². The SMILES string of the molecule is CC[C@@]1(C(=O)OC(C)(C)C)C(=O)Nc2ccccc21. The van der Waals surface area contributed by atoms with Gasteiger partial charge in [-0.05, 0) is 33.3 Å². The van der Waals surface area contributed by atoms with Crippen LogP contribution in [0.4, 0.5) is 5.69 Å². The van der Waals surface area contributed by atoms with Crippen LogP contribution >= 0.6 is 0 Å². The molecule has 0 bridgehead atoms. The fourth-order valence-corrected chi connectivity index (χ4v) is 2.38. The highest BCUT2D eigenvalue weighted by atomic mass is 16.6. The maximum absolute atomic E-state index is 12.5. The van der Waals surface area contributed by atoms with Gasteiger partial charge in [0.25, 0.3) is 0 Å². The maximum atomic E-state index is 12.5. The summed E-state index contributed by atoms with van der Waals surface area (Å²) in [5.74, 6) is -0.782. The van der Waals surface area contributed by atoms with Crippen molar-refractivity contribution in [1.82, 2.24) is 0 Å². The highest BCUT2D eigenvalue weighted by Crippen LogP contribution is 2.41. The Balaban J connectivity index is 2.49. The van der Waals surface area contributed by atoms with Crippen LogP contribution in [0, 0.1) is 0 Å². The third kappa shape index (κ3) is 2.11. The summed E-state index contributed by atoms with van der Waals surface area (Å²) in [5.41, 5.74) is -0.432. The third-order valence-electron chi connectivity index (χ3n) is 3.30. The first-order valence-electron chi connectivity index (χ1n) is 6.45. The van der Waals surface area contributed by atoms with E-state index in [1.165, 1.54) is 0 Å². The summed E-state index contributed by atoms with van der Waals surface area (Å²) < 4.78 is 5.44. The minimum Gasteiger partial charge on any atom is -0.459 e. The molecule has 0 aliphatic carbocycles. The average Bonchev–Trinajstić information content (AvgIpc) is 2.59. The van der Waals surface area contributed by atoms with Crippen LogP contribution in [0.25, 0.3) is 0 Å². The molecule has 1 heterocycles. The number of rotatable bonds is 2. The van der Waals surface area contributed by atoms with Crippen LogP contribution in [0.3, 0.4) is 0 Å². The second-order valence-corrected chi connectivity index (χ2v) is 5.76. The van der Waals surface area contributed by atoms with Crippen molar-refractivity contribution in [2.75, 3.05) is 5.32 Å². The topological polar surface area (TPSA) is 55.4 Å². The Morgan fingerprint density at radius 2 is 1.95 bits per heavy atom. The van der Waals surface area contributed by atoms with E-state index < -0.39 is 17.0 Å². The molecule has 19 heavy (non-hydrogen) atoms. The van der Waals surface area contributed by atoms with Gasteiger partial charge in [0.1, 0.15) is 5.60 Å². The molecule has 102 valence electrons. The number of amides is 1. The number of hydrogen-bond acceptors (Lipinski definition) is 3. The van der Waals surface area contributed by atoms with Crippen LogP contribution in [-0.4, -0.2) is 17.5 Å². The molecule has 2 rings (SSSR count). The number of benzene rings is 1. The molecule has 1 atom stereocenters. The number of ether oxygens (including phenoxy) is 1. The van der Waals surface area contributed by atoms with Crippen molar-refractivity contribution in [1.29, 1.82) is 0 Å². The van der Waals surface area contributed by atoms with Gasteiger partial charge in [0.2, 0.25) is 5.91 Å². The molecule has 0 unspecified atom stereocenters. The van der Waals surface area contributed by atoms with Gasteiger partial charge in [-0.1, -0.05) is 25.1 Å². The Labute approximate surface area is 113 Å². The van der Waals surface area contributed by atoms with Crippen LogP contribution in [0.2, 0.25) is 0 Å². The molecule has 0 fully saturated rings. The fourth-order valence-electron chi connectivity index (χ4n) is 2.38. The molecule has 0 spiro atoms. The zero-order chi connectivity index (χ0) is 14.3. The zero-order valence-corrected chi connectivity index (χ0v) is 11.7. The molecular weight excluding hydrogens is 242 g/mol. The Kier molecular flexibility index (Phi) is 3.12. The zero-order valence-electron chi connectivity index (χ0n) is 11.7. The predicted octanol–water partition coefficient (Wildman–Crippen LogP) is 2.63. The minimum absolute atomic E-state index is 0.301. The normalized spacial score (nSPS) is 21.8. The number of carbonyl (C=O) groups excluding carboxylic acids is 2. The van der Waals surface area contributed by atoms with Crippen LogP contribution in [0.15, 0.2) is 24.3 Å². The van der Waals surface area contributed by atoms with Crippen molar-refractivity contribution in [2.24, 2.45) is 0 Å². The number of fused-ring (bicyclic) bond motifs is 1. The van der Waals surface area contributed by atoms with E-state index in [-0.39, 0.29) is 5.91 Å². The summed E-state index contributed by atoms with van der Waals surface area (Å²) in [6.07, 6.45) is 0.380. The maximum Gasteiger partial charge on any atom is 0.326 e. The first kappa shape index (κ1) is 13.6. The minimum atomic E-state index is -1.22. The molecule has 0 radical (unpaired) electrons. The molecule has 4 heteroatoms. The highest BCUT2D eigenvalue weighted by molar-refractivity contribution is 6.19. The summed E-state index contributed by atoms with van der Waals surface area (Å²) in [5, 5.41) is 2.77. The molecule has 0 saturated heterocycles. The largest absolute Gasteiger partial charge is 0.459 e. The molecule has 1 N–H and O–H groups in total. The number of nitrogens with one attached hydrogen (secondary N) is 1. The molecule has 1 aliphatic rings. The lowest BCUT2D eigenvalue weighted by molar-refractivity contribution is -0.164. The summed E-state index contributed by atoms with van der Waals surface area (Å²) in [6, 6.07) is 7.27. The second kappa shape index (κ2) is 4.37. The van der Waals surface area contributed by atoms with Crippen molar-refractivity contribution in [3.63, 3.8) is 0 Å². The molecule has 0 aromatic heterocycles. The lowest BCUT2D eigenvalue weighted by atomic mass is 9.79. The van der Waals surface area contributed by atoms with Gasteiger partial charge in [-0.2, -0.15) is 0 Å². The van der Waals surface area contributed by atoms with Crippen molar-refractivity contribution in [3.8, 4) is 0 Å². The van der Waals surface area contributed by atoms with Crippen molar-refractivity contribution in [2.45, 2.75) is 45.1 Å². The van der Waals surface area contributed by atoms with Crippen LogP contribution in [0.1, 0.15) is 39.7 Å². The Morgan fingerprint density at radius 3 is 2.53 bits per heavy atom. The van der Waals surface area contributed by atoms with E-state index in [0.29, 0.717) is 17.7 Å². The number of hydrogen-bond donors (Lipinski definition) is 1. The summed E-state index contributed by atoms with van der Waals surface area (Å²) in [4.78, 5) is 24.8. The van der Waals surface area contributed by atoms with Crippen LogP contribution < -0.4 is 5.32 Å². The monoisotopic (exact) mass is 261 g/mol. The second-order valence-electron chi connectivity index (χ2n) is 5.76. The van der Waals surface area contributed by atoms with Crippen molar-refractivity contribution in [3.05, 3.63) is 29.8 Å².